The van der Waals surface area contributed by atoms with Crippen LogP contribution in [0.1, 0.15) is 22.7 Å². The fraction of sp³-hybridized carbons (Fsp3) is 0.0392. The van der Waals surface area contributed by atoms with E-state index in [0.29, 0.717) is 5.84 Å². The van der Waals surface area contributed by atoms with E-state index in [4.69, 9.17) is 15.1 Å². The lowest BCUT2D eigenvalue weighted by Crippen LogP contribution is -2.16. The van der Waals surface area contributed by atoms with Gasteiger partial charge in [-0.1, -0.05) is 176 Å². The lowest BCUT2D eigenvalue weighted by Gasteiger charge is -2.17. The molecule has 0 aliphatic rings. The molecule has 0 aliphatic carbocycles. The van der Waals surface area contributed by atoms with Crippen molar-refractivity contribution in [2.45, 2.75) is 6.04 Å². The maximum absolute atomic E-state index is 6.87. The molecule has 0 spiro atoms. The second-order valence-electron chi connectivity index (χ2n) is 13.3. The van der Waals surface area contributed by atoms with Crippen LogP contribution >= 0.6 is 0 Å². The van der Waals surface area contributed by atoms with E-state index < -0.39 is 0 Å². The van der Waals surface area contributed by atoms with Crippen LogP contribution in [0.25, 0.3) is 66.4 Å². The van der Waals surface area contributed by atoms with Crippen LogP contribution in [-0.4, -0.2) is 12.9 Å². The number of hydrogen-bond acceptors (Lipinski definition) is 3. The van der Waals surface area contributed by atoms with Crippen molar-refractivity contribution in [3.05, 3.63) is 217 Å². The minimum atomic E-state index is -0.353. The van der Waals surface area contributed by atoms with Crippen LogP contribution in [0.15, 0.2) is 210 Å². The average Bonchev–Trinajstić information content (AvgIpc) is 3.66. The van der Waals surface area contributed by atoms with Gasteiger partial charge in [0.2, 0.25) is 0 Å². The van der Waals surface area contributed by atoms with Crippen molar-refractivity contribution in [1.82, 2.24) is 0 Å². The fourth-order valence-electron chi connectivity index (χ4n) is 7.37. The maximum Gasteiger partial charge on any atom is 0.135 e. The van der Waals surface area contributed by atoms with E-state index in [1.807, 2.05) is 48.5 Å². The van der Waals surface area contributed by atoms with E-state index in [9.17, 15) is 0 Å². The molecule has 1 atom stereocenters. The van der Waals surface area contributed by atoms with E-state index in [2.05, 4.69) is 157 Å². The van der Waals surface area contributed by atoms with Gasteiger partial charge >= 0.3 is 0 Å². The molecule has 0 saturated carbocycles. The summed E-state index contributed by atoms with van der Waals surface area (Å²) in [5.74, 6) is 0.482. The molecule has 4 heteroatoms. The molecule has 266 valence electrons. The SMILES string of the molecule is CN.NC(=NC(c1ccccc1)c1cccc2oc3ccc(-c4ccc(-c5ccccc5-c5ccccc5)cc4)cc3c12)c1cccc(-c2ccccc2)c1. The number of fused-ring (bicyclic) bond motifs is 3. The Labute approximate surface area is 322 Å². The van der Waals surface area contributed by atoms with Gasteiger partial charge in [0, 0.05) is 16.3 Å². The lowest BCUT2D eigenvalue weighted by atomic mass is 9.92. The second kappa shape index (κ2) is 15.9. The van der Waals surface area contributed by atoms with Gasteiger partial charge in [-0.15, -0.1) is 0 Å². The minimum absolute atomic E-state index is 0.353. The minimum Gasteiger partial charge on any atom is -0.456 e. The zero-order valence-corrected chi connectivity index (χ0v) is 30.6. The molecule has 0 saturated heterocycles. The summed E-state index contributed by atoms with van der Waals surface area (Å²) in [6.07, 6.45) is 0. The monoisotopic (exact) mass is 711 g/mol. The topological polar surface area (TPSA) is 77.5 Å². The summed E-state index contributed by atoms with van der Waals surface area (Å²) >= 11 is 0. The standard InChI is InChI=1S/C50H36N2O.CH5N/c51-50(41-21-12-20-39(32-41)34-14-4-1-5-15-34)52-49(38-18-8-3-9-19-38)44-24-13-25-47-48(44)45-33-40(30-31-46(45)53-47)35-26-28-37(29-27-35)43-23-11-10-22-42(43)36-16-6-2-7-17-36;1-2/h1-33,49H,(H2,51,52);2H2,1H3. The van der Waals surface area contributed by atoms with E-state index in [0.717, 1.165) is 60.9 Å². The van der Waals surface area contributed by atoms with Gasteiger partial charge in [0.05, 0.1) is 0 Å². The number of amidine groups is 1. The third-order valence-electron chi connectivity index (χ3n) is 10.0. The maximum atomic E-state index is 6.87. The summed E-state index contributed by atoms with van der Waals surface area (Å²) < 4.78 is 6.48. The second-order valence-corrected chi connectivity index (χ2v) is 13.3. The van der Waals surface area contributed by atoms with Crippen molar-refractivity contribution in [3.63, 3.8) is 0 Å². The average molecular weight is 712 g/mol. The molecule has 1 heterocycles. The van der Waals surface area contributed by atoms with Gasteiger partial charge < -0.3 is 15.9 Å². The Morgan fingerprint density at radius 1 is 0.455 bits per heavy atom. The van der Waals surface area contributed by atoms with E-state index >= 15 is 0 Å². The highest BCUT2D eigenvalue weighted by molar-refractivity contribution is 6.09. The Morgan fingerprint density at radius 2 is 0.964 bits per heavy atom. The van der Waals surface area contributed by atoms with E-state index in [1.54, 1.807) is 0 Å². The van der Waals surface area contributed by atoms with Gasteiger partial charge in [0.15, 0.2) is 0 Å². The first-order valence-corrected chi connectivity index (χ1v) is 18.5. The molecule has 0 aliphatic heterocycles. The van der Waals surface area contributed by atoms with Crippen LogP contribution in [-0.2, 0) is 0 Å². The molecule has 9 rings (SSSR count). The predicted octanol–water partition coefficient (Wildman–Crippen LogP) is 12.3. The highest BCUT2D eigenvalue weighted by Crippen LogP contribution is 2.40. The first kappa shape index (κ1) is 35.0. The normalized spacial score (nSPS) is 11.9. The largest absolute Gasteiger partial charge is 0.456 e. The zero-order valence-electron chi connectivity index (χ0n) is 30.6. The molecular weight excluding hydrogens is 671 g/mol. The van der Waals surface area contributed by atoms with E-state index in [1.165, 1.54) is 29.3 Å². The summed E-state index contributed by atoms with van der Waals surface area (Å²) in [4.78, 5) is 5.26. The number of furan rings is 1. The molecule has 0 amide bonds. The van der Waals surface area contributed by atoms with Crippen LogP contribution in [0.3, 0.4) is 0 Å². The zero-order chi connectivity index (χ0) is 37.6. The fourth-order valence-corrected chi connectivity index (χ4v) is 7.37. The van der Waals surface area contributed by atoms with Crippen LogP contribution in [0.4, 0.5) is 0 Å². The summed E-state index contributed by atoms with van der Waals surface area (Å²) in [6, 6.07) is 69.4. The number of nitrogens with zero attached hydrogens (tertiary/aromatic N) is 1. The van der Waals surface area contributed by atoms with Crippen molar-refractivity contribution in [2.24, 2.45) is 16.5 Å². The highest BCUT2D eigenvalue weighted by Gasteiger charge is 2.21. The van der Waals surface area contributed by atoms with Gasteiger partial charge in [0.1, 0.15) is 23.0 Å². The molecule has 0 fully saturated rings. The number of aliphatic imine (C=N–C) groups is 1. The number of nitrogens with two attached hydrogens (primary N) is 2. The van der Waals surface area contributed by atoms with Crippen molar-refractivity contribution < 1.29 is 4.42 Å². The Morgan fingerprint density at radius 3 is 1.65 bits per heavy atom. The molecule has 4 N–H and O–H groups in total. The van der Waals surface area contributed by atoms with Gasteiger partial charge in [-0.3, -0.25) is 4.99 Å². The van der Waals surface area contributed by atoms with Crippen LogP contribution in [0.2, 0.25) is 0 Å². The number of hydrogen-bond donors (Lipinski definition) is 2. The molecule has 4 nitrogen and oxygen atoms in total. The third-order valence-corrected chi connectivity index (χ3v) is 10.0. The summed E-state index contributed by atoms with van der Waals surface area (Å²) in [5, 5.41) is 2.09. The molecule has 9 aromatic rings. The third kappa shape index (κ3) is 7.19. The Bertz CT molecular complexity index is 2720. The van der Waals surface area contributed by atoms with Gasteiger partial charge in [-0.25, -0.2) is 0 Å². The first-order chi connectivity index (χ1) is 27.2. The van der Waals surface area contributed by atoms with Crippen LogP contribution < -0.4 is 11.5 Å². The molecule has 55 heavy (non-hydrogen) atoms. The smallest absolute Gasteiger partial charge is 0.135 e. The summed E-state index contributed by atoms with van der Waals surface area (Å²) in [6.45, 7) is 0. The van der Waals surface area contributed by atoms with Crippen LogP contribution in [0.5, 0.6) is 0 Å². The summed E-state index contributed by atoms with van der Waals surface area (Å²) in [5.41, 5.74) is 25.3. The van der Waals surface area contributed by atoms with Crippen molar-refractivity contribution in [3.8, 4) is 44.5 Å². The quantitative estimate of drug-likeness (QED) is 0.122. The molecule has 1 aromatic heterocycles. The van der Waals surface area contributed by atoms with Crippen molar-refractivity contribution in [2.75, 3.05) is 7.05 Å². The molecular formula is C51H41N3O. The lowest BCUT2D eigenvalue weighted by molar-refractivity contribution is 0.668. The molecule has 0 radical (unpaired) electrons. The van der Waals surface area contributed by atoms with Crippen molar-refractivity contribution >= 4 is 27.8 Å². The Kier molecular flexibility index (Phi) is 10.1. The number of rotatable bonds is 8. The van der Waals surface area contributed by atoms with Gasteiger partial charge in [0.25, 0.3) is 0 Å². The van der Waals surface area contributed by atoms with Gasteiger partial charge in [-0.05, 0) is 86.9 Å². The molecule has 0 bridgehead atoms. The molecule has 8 aromatic carbocycles. The Hall–Kier alpha value is -7.01. The predicted molar refractivity (Wildman–Crippen MR) is 231 cm³/mol. The first-order valence-electron chi connectivity index (χ1n) is 18.5. The van der Waals surface area contributed by atoms with Crippen LogP contribution in [0, 0.1) is 0 Å². The highest BCUT2D eigenvalue weighted by atomic mass is 16.3. The number of benzene rings is 8. The van der Waals surface area contributed by atoms with Gasteiger partial charge in [-0.2, -0.15) is 0 Å². The van der Waals surface area contributed by atoms with Crippen molar-refractivity contribution in [1.29, 1.82) is 0 Å². The summed E-state index contributed by atoms with van der Waals surface area (Å²) in [7, 11) is 1.50. The molecule has 1 unspecified atom stereocenters. The van der Waals surface area contributed by atoms with E-state index in [-0.39, 0.29) is 6.04 Å². The Balaban J connectivity index is 0.00000210.